The number of amides is 2. The number of ketones is 1. The van der Waals surface area contributed by atoms with Gasteiger partial charge in [0.05, 0.1) is 12.2 Å². The summed E-state index contributed by atoms with van der Waals surface area (Å²) in [6.07, 6.45) is 2.37. The molecule has 2 amide bonds. The number of hydrogen-bond acceptors (Lipinski definition) is 7. The molecular formula is C30H36F2N2O6S. The lowest BCUT2D eigenvalue weighted by Crippen LogP contribution is -2.50. The van der Waals surface area contributed by atoms with E-state index in [4.69, 9.17) is 9.47 Å². The number of carbonyl (C=O) groups is 3. The molecule has 2 heterocycles. The number of nitrogens with one attached hydrogen (secondary N) is 1. The number of alkyl halides is 2. The number of Topliss-reactive ketones (excluding diaryl/α,β-unsaturated/α-hetero) is 1. The highest BCUT2D eigenvalue weighted by Crippen LogP contribution is 2.37. The first-order valence-corrected chi connectivity index (χ1v) is 14.7. The van der Waals surface area contributed by atoms with Crippen molar-refractivity contribution in [1.82, 2.24) is 5.32 Å². The maximum absolute atomic E-state index is 13.9. The number of nitrogens with zero attached hydrogens (tertiary/aromatic N) is 1. The van der Waals surface area contributed by atoms with Gasteiger partial charge in [0, 0.05) is 35.8 Å². The molecule has 0 saturated carbocycles. The van der Waals surface area contributed by atoms with Crippen molar-refractivity contribution in [3.05, 3.63) is 53.6 Å². The van der Waals surface area contributed by atoms with E-state index in [0.29, 0.717) is 29.2 Å². The van der Waals surface area contributed by atoms with Crippen molar-refractivity contribution in [3.8, 4) is 5.75 Å². The number of rotatable bonds is 9. The number of anilines is 1. The maximum atomic E-state index is 13.9. The summed E-state index contributed by atoms with van der Waals surface area (Å²) in [6, 6.07) is 10.5. The summed E-state index contributed by atoms with van der Waals surface area (Å²) in [6.45, 7) is 3.80. The highest BCUT2D eigenvalue weighted by Gasteiger charge is 2.34. The van der Waals surface area contributed by atoms with Crippen LogP contribution in [0.2, 0.25) is 0 Å². The van der Waals surface area contributed by atoms with E-state index in [-0.39, 0.29) is 29.7 Å². The first-order valence-electron chi connectivity index (χ1n) is 13.7. The Labute approximate surface area is 243 Å². The van der Waals surface area contributed by atoms with E-state index in [1.165, 1.54) is 28.8 Å². The van der Waals surface area contributed by atoms with E-state index < -0.39 is 24.3 Å². The zero-order chi connectivity index (χ0) is 29.6. The molecule has 8 nitrogen and oxygen atoms in total. The van der Waals surface area contributed by atoms with E-state index in [1.807, 2.05) is 6.07 Å². The van der Waals surface area contributed by atoms with Gasteiger partial charge in [0.2, 0.25) is 0 Å². The molecule has 2 aromatic carbocycles. The minimum Gasteiger partial charge on any atom is -0.444 e. The highest BCUT2D eigenvalue weighted by atomic mass is 32.2. The summed E-state index contributed by atoms with van der Waals surface area (Å²) >= 11 is 1.40. The topological polar surface area (TPSA) is 94.2 Å². The predicted molar refractivity (Wildman–Crippen MR) is 152 cm³/mol. The fourth-order valence-electron chi connectivity index (χ4n) is 4.76. The molecule has 1 saturated heterocycles. The van der Waals surface area contributed by atoms with Gasteiger partial charge in [0.15, 0.2) is 5.78 Å². The van der Waals surface area contributed by atoms with Gasteiger partial charge < -0.3 is 24.4 Å². The Kier molecular flexibility index (Phi) is 10.2. The van der Waals surface area contributed by atoms with Crippen LogP contribution in [0.25, 0.3) is 0 Å². The second-order valence-corrected chi connectivity index (χ2v) is 12.2. The molecule has 1 fully saturated rings. The van der Waals surface area contributed by atoms with Crippen LogP contribution in [0, 0.1) is 5.92 Å². The fourth-order valence-corrected chi connectivity index (χ4v) is 5.82. The van der Waals surface area contributed by atoms with Gasteiger partial charge in [-0.15, -0.1) is 11.8 Å². The standard InChI is InChI=1S/C30H36F2N2O6S/c1-30(2,3)40-29(37)33-23-18-41-26-11-7-21(25(35)10-6-19-12-14-38-15-13-19)16-24(26)34(27(23)36)17-20-4-8-22(9-5-20)39-28(31)32/h4-5,7-9,11,16,19,23,28H,6,10,12-15,17-18H2,1-3H3,(H,33,37)/t23-/m0/s1. The highest BCUT2D eigenvalue weighted by molar-refractivity contribution is 7.99. The summed E-state index contributed by atoms with van der Waals surface area (Å²) in [5.74, 6) is 0.349. The van der Waals surface area contributed by atoms with Gasteiger partial charge in [-0.2, -0.15) is 8.78 Å². The van der Waals surface area contributed by atoms with Crippen molar-refractivity contribution < 1.29 is 37.4 Å². The van der Waals surface area contributed by atoms with Gasteiger partial charge in [-0.25, -0.2) is 4.79 Å². The number of fused-ring (bicyclic) bond motifs is 1. The van der Waals surface area contributed by atoms with Crippen LogP contribution < -0.4 is 15.0 Å². The fraction of sp³-hybridized carbons (Fsp3) is 0.500. The second-order valence-electron chi connectivity index (χ2n) is 11.2. The molecule has 2 aromatic rings. The van der Waals surface area contributed by atoms with Crippen LogP contribution >= 0.6 is 11.8 Å². The maximum Gasteiger partial charge on any atom is 0.408 e. The third-order valence-corrected chi connectivity index (χ3v) is 8.00. The molecule has 1 atom stereocenters. The van der Waals surface area contributed by atoms with E-state index in [1.54, 1.807) is 45.0 Å². The Balaban J connectivity index is 1.58. The summed E-state index contributed by atoms with van der Waals surface area (Å²) in [5, 5.41) is 2.69. The van der Waals surface area contributed by atoms with Gasteiger partial charge >= 0.3 is 12.7 Å². The monoisotopic (exact) mass is 590 g/mol. The zero-order valence-corrected chi connectivity index (χ0v) is 24.3. The molecule has 0 bridgehead atoms. The van der Waals surface area contributed by atoms with Crippen LogP contribution in [-0.4, -0.2) is 55.0 Å². The number of alkyl carbamates (subject to hydrolysis) is 1. The number of benzene rings is 2. The van der Waals surface area contributed by atoms with Crippen molar-refractivity contribution >= 4 is 35.2 Å². The Hall–Kier alpha value is -3.18. The van der Waals surface area contributed by atoms with E-state index in [0.717, 1.165) is 37.4 Å². The van der Waals surface area contributed by atoms with E-state index in [2.05, 4.69) is 10.1 Å². The number of carbonyl (C=O) groups excluding carboxylic acids is 3. The van der Waals surface area contributed by atoms with Gasteiger partial charge in [-0.3, -0.25) is 9.59 Å². The molecule has 0 aliphatic carbocycles. The predicted octanol–water partition coefficient (Wildman–Crippen LogP) is 6.21. The molecule has 11 heteroatoms. The molecule has 0 aromatic heterocycles. The van der Waals surface area contributed by atoms with Crippen molar-refractivity contribution in [3.63, 3.8) is 0 Å². The number of ether oxygens (including phenoxy) is 3. The first kappa shape index (κ1) is 30.8. The number of halogens is 2. The van der Waals surface area contributed by atoms with Crippen LogP contribution in [0.5, 0.6) is 5.75 Å². The number of thioether (sulfide) groups is 1. The van der Waals surface area contributed by atoms with Crippen LogP contribution in [0.15, 0.2) is 47.4 Å². The first-order chi connectivity index (χ1) is 19.5. The van der Waals surface area contributed by atoms with Crippen LogP contribution in [-0.2, 0) is 20.8 Å². The molecule has 2 aliphatic heterocycles. The molecule has 41 heavy (non-hydrogen) atoms. The Bertz CT molecular complexity index is 1230. The quantitative estimate of drug-likeness (QED) is 0.347. The number of hydrogen-bond donors (Lipinski definition) is 1. The van der Waals surface area contributed by atoms with Gasteiger partial charge in [-0.1, -0.05) is 18.2 Å². The SMILES string of the molecule is CC(C)(C)OC(=O)N[C@H]1CSc2ccc(C(=O)CCC3CCOCC3)cc2N(Cc2ccc(OC(F)F)cc2)C1=O. The second kappa shape index (κ2) is 13.7. The van der Waals surface area contributed by atoms with Crippen molar-refractivity contribution in [2.45, 2.75) is 76.1 Å². The average molecular weight is 591 g/mol. The van der Waals surface area contributed by atoms with Gasteiger partial charge in [0.25, 0.3) is 5.91 Å². The lowest BCUT2D eigenvalue weighted by atomic mass is 9.92. The third kappa shape index (κ3) is 8.90. The van der Waals surface area contributed by atoms with Crippen LogP contribution in [0.4, 0.5) is 19.3 Å². The molecule has 1 N–H and O–H groups in total. The molecule has 0 unspecified atom stereocenters. The van der Waals surface area contributed by atoms with Crippen LogP contribution in [0.1, 0.15) is 62.4 Å². The minimum absolute atomic E-state index is 0.00197. The molecule has 222 valence electrons. The van der Waals surface area contributed by atoms with Gasteiger partial charge in [0.1, 0.15) is 17.4 Å². The third-order valence-electron chi connectivity index (χ3n) is 6.84. The van der Waals surface area contributed by atoms with Crippen LogP contribution in [0.3, 0.4) is 0 Å². The molecule has 0 radical (unpaired) electrons. The minimum atomic E-state index is -2.95. The zero-order valence-electron chi connectivity index (χ0n) is 23.5. The Morgan fingerprint density at radius 1 is 1.12 bits per heavy atom. The van der Waals surface area contributed by atoms with E-state index in [9.17, 15) is 23.2 Å². The van der Waals surface area contributed by atoms with Crippen molar-refractivity contribution in [1.29, 1.82) is 0 Å². The normalized spacial score (nSPS) is 18.0. The summed E-state index contributed by atoms with van der Waals surface area (Å²) in [5.41, 5.74) is 0.979. The molecule has 2 aliphatic rings. The van der Waals surface area contributed by atoms with Crippen molar-refractivity contribution in [2.75, 3.05) is 23.9 Å². The molecular weight excluding hydrogens is 554 g/mol. The summed E-state index contributed by atoms with van der Waals surface area (Å²) in [7, 11) is 0. The molecule has 0 spiro atoms. The molecule has 4 rings (SSSR count). The Morgan fingerprint density at radius 3 is 2.49 bits per heavy atom. The lowest BCUT2D eigenvalue weighted by Gasteiger charge is -2.27. The van der Waals surface area contributed by atoms with Crippen molar-refractivity contribution in [2.24, 2.45) is 5.92 Å². The lowest BCUT2D eigenvalue weighted by molar-refractivity contribution is -0.120. The van der Waals surface area contributed by atoms with E-state index >= 15 is 0 Å². The van der Waals surface area contributed by atoms with Gasteiger partial charge in [-0.05, 0) is 75.8 Å². The summed E-state index contributed by atoms with van der Waals surface area (Å²) < 4.78 is 40.5. The smallest absolute Gasteiger partial charge is 0.408 e. The largest absolute Gasteiger partial charge is 0.444 e. The summed E-state index contributed by atoms with van der Waals surface area (Å²) in [4.78, 5) is 41.9. The Morgan fingerprint density at radius 2 is 1.83 bits per heavy atom. The average Bonchev–Trinajstić information content (AvgIpc) is 3.04.